The van der Waals surface area contributed by atoms with E-state index in [-0.39, 0.29) is 12.5 Å². The van der Waals surface area contributed by atoms with E-state index in [0.29, 0.717) is 18.1 Å². The van der Waals surface area contributed by atoms with Crippen LogP contribution in [0.15, 0.2) is 59.5 Å². The highest BCUT2D eigenvalue weighted by molar-refractivity contribution is 7.99. The lowest BCUT2D eigenvalue weighted by Gasteiger charge is -2.12. The first-order chi connectivity index (χ1) is 11.5. The van der Waals surface area contributed by atoms with Gasteiger partial charge in [0.2, 0.25) is 5.91 Å². The summed E-state index contributed by atoms with van der Waals surface area (Å²) in [5, 5.41) is 13.4. The third-order valence-electron chi connectivity index (χ3n) is 3.51. The second kappa shape index (κ2) is 9.50. The first-order valence-electron chi connectivity index (χ1n) is 8.27. The van der Waals surface area contributed by atoms with Gasteiger partial charge in [0.25, 0.3) is 0 Å². The third-order valence-corrected chi connectivity index (χ3v) is 4.52. The Morgan fingerprint density at radius 3 is 2.33 bits per heavy atom. The molecular weight excluding hydrogens is 318 g/mol. The van der Waals surface area contributed by atoms with Gasteiger partial charge in [-0.25, -0.2) is 0 Å². The van der Waals surface area contributed by atoms with E-state index in [2.05, 4.69) is 31.3 Å². The monoisotopic (exact) mass is 343 g/mol. The van der Waals surface area contributed by atoms with Gasteiger partial charge in [0, 0.05) is 23.1 Å². The summed E-state index contributed by atoms with van der Waals surface area (Å²) in [7, 11) is 0. The highest BCUT2D eigenvalue weighted by Crippen LogP contribution is 2.22. The van der Waals surface area contributed by atoms with Gasteiger partial charge in [-0.1, -0.05) is 56.3 Å². The highest BCUT2D eigenvalue weighted by atomic mass is 32.2. The molecule has 1 atom stereocenters. The van der Waals surface area contributed by atoms with Crippen LogP contribution >= 0.6 is 11.8 Å². The molecule has 0 radical (unpaired) electrons. The van der Waals surface area contributed by atoms with Crippen molar-refractivity contribution < 1.29 is 9.90 Å². The van der Waals surface area contributed by atoms with Crippen molar-refractivity contribution in [3.63, 3.8) is 0 Å². The van der Waals surface area contributed by atoms with Gasteiger partial charge in [0.1, 0.15) is 0 Å². The van der Waals surface area contributed by atoms with Gasteiger partial charge in [-0.2, -0.15) is 0 Å². The molecule has 0 aliphatic rings. The van der Waals surface area contributed by atoms with E-state index >= 15 is 0 Å². The molecule has 0 saturated carbocycles. The number of carbonyl (C=O) groups is 1. The van der Waals surface area contributed by atoms with Gasteiger partial charge in [-0.3, -0.25) is 4.79 Å². The van der Waals surface area contributed by atoms with Gasteiger partial charge in [-0.05, 0) is 23.3 Å². The Bertz CT molecular complexity index is 626. The lowest BCUT2D eigenvalue weighted by molar-refractivity contribution is -0.120. The smallest absolute Gasteiger partial charge is 0.224 e. The van der Waals surface area contributed by atoms with Crippen molar-refractivity contribution in [3.05, 3.63) is 65.7 Å². The number of aliphatic hydroxyl groups excluding tert-OH is 1. The molecule has 0 fully saturated rings. The van der Waals surface area contributed by atoms with Crippen molar-refractivity contribution in [3.8, 4) is 0 Å². The number of aliphatic hydroxyl groups is 1. The second-order valence-electron chi connectivity index (χ2n) is 6.13. The molecule has 1 unspecified atom stereocenters. The molecule has 3 nitrogen and oxygen atoms in total. The summed E-state index contributed by atoms with van der Waals surface area (Å²) in [6.07, 6.45) is 0.314. The van der Waals surface area contributed by atoms with E-state index in [4.69, 9.17) is 0 Å². The van der Waals surface area contributed by atoms with Crippen LogP contribution in [0.2, 0.25) is 0 Å². The second-order valence-corrected chi connectivity index (χ2v) is 7.78. The minimum absolute atomic E-state index is 0.0635. The molecule has 2 N–H and O–H groups in total. The van der Waals surface area contributed by atoms with Crippen molar-refractivity contribution in [2.24, 2.45) is 0 Å². The Morgan fingerprint density at radius 2 is 1.71 bits per heavy atom. The third kappa shape index (κ3) is 6.77. The predicted molar refractivity (Wildman–Crippen MR) is 100 cm³/mol. The fraction of sp³-hybridized carbons (Fsp3) is 0.350. The molecule has 1 amide bonds. The van der Waals surface area contributed by atoms with E-state index in [1.54, 1.807) is 0 Å². The zero-order valence-electron chi connectivity index (χ0n) is 14.2. The molecule has 0 aromatic heterocycles. The topological polar surface area (TPSA) is 49.3 Å². The normalized spacial score (nSPS) is 12.2. The van der Waals surface area contributed by atoms with Gasteiger partial charge in [0.05, 0.1) is 12.5 Å². The first-order valence-corrected chi connectivity index (χ1v) is 9.15. The summed E-state index contributed by atoms with van der Waals surface area (Å²) in [5.41, 5.74) is 2.05. The van der Waals surface area contributed by atoms with Crippen molar-refractivity contribution in [2.45, 2.75) is 42.9 Å². The van der Waals surface area contributed by atoms with Gasteiger partial charge in [0.15, 0.2) is 0 Å². The van der Waals surface area contributed by atoms with Crippen LogP contribution in [0.4, 0.5) is 0 Å². The number of amides is 1. The highest BCUT2D eigenvalue weighted by Gasteiger charge is 2.09. The fourth-order valence-electron chi connectivity index (χ4n) is 2.40. The molecule has 128 valence electrons. The molecule has 4 heteroatoms. The SMILES string of the molecule is CC(C)Sc1ccc(CC(=O)NCC(O)Cc2ccccc2)cc1. The van der Waals surface area contributed by atoms with Crippen LogP contribution in [-0.4, -0.2) is 28.9 Å². The van der Waals surface area contributed by atoms with Crippen molar-refractivity contribution in [1.82, 2.24) is 5.32 Å². The molecular formula is C20H25NO2S. The summed E-state index contributed by atoms with van der Waals surface area (Å²) < 4.78 is 0. The summed E-state index contributed by atoms with van der Waals surface area (Å²) in [4.78, 5) is 13.2. The first kappa shape index (κ1) is 18.6. The number of carbonyl (C=O) groups excluding carboxylic acids is 1. The largest absolute Gasteiger partial charge is 0.391 e. The lowest BCUT2D eigenvalue weighted by atomic mass is 10.1. The standard InChI is InChI=1S/C20H25NO2S/c1-15(2)24-19-10-8-17(9-11-19)13-20(23)21-14-18(22)12-16-6-4-3-5-7-16/h3-11,15,18,22H,12-14H2,1-2H3,(H,21,23). The molecule has 2 aromatic carbocycles. The molecule has 0 bridgehead atoms. The maximum absolute atomic E-state index is 12.0. The quantitative estimate of drug-likeness (QED) is 0.722. The summed E-state index contributed by atoms with van der Waals surface area (Å²) >= 11 is 1.81. The lowest BCUT2D eigenvalue weighted by Crippen LogP contribution is -2.34. The van der Waals surface area contributed by atoms with E-state index in [1.807, 2.05) is 54.2 Å². The van der Waals surface area contributed by atoms with Crippen LogP contribution in [0.1, 0.15) is 25.0 Å². The molecule has 0 aliphatic carbocycles. The minimum atomic E-state index is -0.568. The molecule has 24 heavy (non-hydrogen) atoms. The van der Waals surface area contributed by atoms with Crippen molar-refractivity contribution >= 4 is 17.7 Å². The zero-order chi connectivity index (χ0) is 17.4. The van der Waals surface area contributed by atoms with E-state index in [1.165, 1.54) is 4.90 Å². The van der Waals surface area contributed by atoms with Gasteiger partial charge in [-0.15, -0.1) is 11.8 Å². The summed E-state index contributed by atoms with van der Waals surface area (Å²) in [5.74, 6) is -0.0635. The number of benzene rings is 2. The molecule has 2 aromatic rings. The molecule has 0 heterocycles. The van der Waals surface area contributed by atoms with Gasteiger partial charge < -0.3 is 10.4 Å². The number of thioether (sulfide) groups is 1. The Kier molecular flexibility index (Phi) is 7.35. The summed E-state index contributed by atoms with van der Waals surface area (Å²) in [6.45, 7) is 4.59. The molecule has 0 spiro atoms. The molecule has 2 rings (SSSR count). The molecule has 0 aliphatic heterocycles. The molecule has 0 saturated heterocycles. The Balaban J connectivity index is 1.74. The average molecular weight is 343 g/mol. The average Bonchev–Trinajstić information content (AvgIpc) is 2.55. The van der Waals surface area contributed by atoms with Crippen LogP contribution in [0.5, 0.6) is 0 Å². The fourth-order valence-corrected chi connectivity index (χ4v) is 3.23. The number of rotatable bonds is 8. The minimum Gasteiger partial charge on any atom is -0.391 e. The van der Waals surface area contributed by atoms with Crippen LogP contribution in [0.3, 0.4) is 0 Å². The Morgan fingerprint density at radius 1 is 1.04 bits per heavy atom. The van der Waals surface area contributed by atoms with Crippen LogP contribution in [0.25, 0.3) is 0 Å². The van der Waals surface area contributed by atoms with Gasteiger partial charge >= 0.3 is 0 Å². The Hall–Kier alpha value is -1.78. The van der Waals surface area contributed by atoms with E-state index in [0.717, 1.165) is 11.1 Å². The summed E-state index contributed by atoms with van der Waals surface area (Å²) in [6, 6.07) is 17.9. The van der Waals surface area contributed by atoms with E-state index < -0.39 is 6.10 Å². The predicted octanol–water partition coefficient (Wildman–Crippen LogP) is 3.45. The van der Waals surface area contributed by atoms with Crippen LogP contribution in [-0.2, 0) is 17.6 Å². The maximum atomic E-state index is 12.0. The number of hydrogen-bond donors (Lipinski definition) is 2. The van der Waals surface area contributed by atoms with Crippen LogP contribution in [0, 0.1) is 0 Å². The zero-order valence-corrected chi connectivity index (χ0v) is 15.1. The van der Waals surface area contributed by atoms with E-state index in [9.17, 15) is 9.90 Å². The Labute approximate surface area is 148 Å². The van der Waals surface area contributed by atoms with Crippen molar-refractivity contribution in [2.75, 3.05) is 6.54 Å². The number of hydrogen-bond acceptors (Lipinski definition) is 3. The number of nitrogens with one attached hydrogen (secondary N) is 1. The maximum Gasteiger partial charge on any atom is 0.224 e. The van der Waals surface area contributed by atoms with Crippen LogP contribution < -0.4 is 5.32 Å². The van der Waals surface area contributed by atoms with Crippen molar-refractivity contribution in [1.29, 1.82) is 0 Å².